The number of hydrogen-bond donors (Lipinski definition) is 2. The summed E-state index contributed by atoms with van der Waals surface area (Å²) in [5.41, 5.74) is 0. The fourth-order valence-electron chi connectivity index (χ4n) is 2.68. The molecule has 2 rings (SSSR count). The van der Waals surface area contributed by atoms with Gasteiger partial charge in [0, 0.05) is 12.1 Å². The van der Waals surface area contributed by atoms with Crippen molar-refractivity contribution >= 4 is 6.03 Å². The maximum absolute atomic E-state index is 11.8. The smallest absolute Gasteiger partial charge is 0.315 e. The van der Waals surface area contributed by atoms with Crippen molar-refractivity contribution in [1.29, 1.82) is 0 Å². The zero-order chi connectivity index (χ0) is 15.6. The molecule has 2 N–H and O–H groups in total. The monoisotopic (exact) mass is 306 g/mol. The molecule has 0 spiro atoms. The number of rotatable bonds is 6. The van der Waals surface area contributed by atoms with Gasteiger partial charge >= 0.3 is 6.03 Å². The first-order valence-electron chi connectivity index (χ1n) is 8.09. The molecule has 1 fully saturated rings. The number of ether oxygens (including phenoxy) is 2. The molecule has 5 heteroatoms. The van der Waals surface area contributed by atoms with Crippen LogP contribution < -0.4 is 20.1 Å². The van der Waals surface area contributed by atoms with Gasteiger partial charge in [0.1, 0.15) is 18.1 Å². The van der Waals surface area contributed by atoms with Gasteiger partial charge in [-0.25, -0.2) is 4.79 Å². The van der Waals surface area contributed by atoms with Gasteiger partial charge in [-0.15, -0.1) is 0 Å². The summed E-state index contributed by atoms with van der Waals surface area (Å²) >= 11 is 0. The Kier molecular flexibility index (Phi) is 6.87. The highest BCUT2D eigenvalue weighted by Crippen LogP contribution is 2.18. The molecular formula is C17H26N2O3. The van der Waals surface area contributed by atoms with E-state index in [0.717, 1.165) is 24.3 Å². The highest BCUT2D eigenvalue weighted by molar-refractivity contribution is 5.74. The Morgan fingerprint density at radius 3 is 2.64 bits per heavy atom. The Hall–Kier alpha value is -1.91. The van der Waals surface area contributed by atoms with Crippen LogP contribution >= 0.6 is 0 Å². The predicted octanol–water partition coefficient (Wildman–Crippen LogP) is 3.10. The van der Waals surface area contributed by atoms with Gasteiger partial charge in [-0.2, -0.15) is 0 Å². The number of methoxy groups -OCH3 is 1. The lowest BCUT2D eigenvalue weighted by Gasteiger charge is -2.16. The zero-order valence-electron chi connectivity index (χ0n) is 13.3. The summed E-state index contributed by atoms with van der Waals surface area (Å²) in [5.74, 6) is 1.50. The van der Waals surface area contributed by atoms with Crippen LogP contribution in [0.25, 0.3) is 0 Å². The molecular weight excluding hydrogens is 280 g/mol. The molecule has 1 aromatic rings. The van der Waals surface area contributed by atoms with E-state index < -0.39 is 0 Å². The normalized spacial score (nSPS) is 15.7. The minimum absolute atomic E-state index is 0.0962. The third-order valence-corrected chi connectivity index (χ3v) is 3.89. The molecule has 1 saturated carbocycles. The van der Waals surface area contributed by atoms with Gasteiger partial charge in [-0.1, -0.05) is 31.7 Å². The third-order valence-electron chi connectivity index (χ3n) is 3.89. The molecule has 0 aromatic heterocycles. The van der Waals surface area contributed by atoms with Crippen LogP contribution in [0.15, 0.2) is 24.3 Å². The molecule has 0 aliphatic heterocycles. The van der Waals surface area contributed by atoms with Gasteiger partial charge < -0.3 is 20.1 Å². The maximum atomic E-state index is 11.8. The number of carbonyl (C=O) groups excluding carboxylic acids is 1. The molecule has 0 bridgehead atoms. The van der Waals surface area contributed by atoms with Crippen molar-refractivity contribution in [3.8, 4) is 11.5 Å². The second-order valence-electron chi connectivity index (χ2n) is 5.62. The van der Waals surface area contributed by atoms with Gasteiger partial charge in [0.25, 0.3) is 0 Å². The van der Waals surface area contributed by atoms with E-state index in [1.54, 1.807) is 7.11 Å². The van der Waals surface area contributed by atoms with Gasteiger partial charge in [0.05, 0.1) is 13.7 Å². The highest BCUT2D eigenvalue weighted by atomic mass is 16.5. The summed E-state index contributed by atoms with van der Waals surface area (Å²) in [6.45, 7) is 0.918. The van der Waals surface area contributed by atoms with Crippen molar-refractivity contribution in [3.05, 3.63) is 24.3 Å². The molecule has 0 radical (unpaired) electrons. The topological polar surface area (TPSA) is 59.6 Å². The van der Waals surface area contributed by atoms with E-state index in [2.05, 4.69) is 10.6 Å². The summed E-state index contributed by atoms with van der Waals surface area (Å²) in [7, 11) is 1.62. The molecule has 0 unspecified atom stereocenters. The Morgan fingerprint density at radius 1 is 1.18 bits per heavy atom. The Morgan fingerprint density at radius 2 is 1.91 bits per heavy atom. The molecule has 2 amide bonds. The fraction of sp³-hybridized carbons (Fsp3) is 0.588. The summed E-state index contributed by atoms with van der Waals surface area (Å²) in [6, 6.07) is 7.66. The van der Waals surface area contributed by atoms with E-state index in [9.17, 15) is 4.79 Å². The van der Waals surface area contributed by atoms with Crippen LogP contribution in [-0.2, 0) is 0 Å². The molecule has 0 saturated heterocycles. The quantitative estimate of drug-likeness (QED) is 0.627. The van der Waals surface area contributed by atoms with Crippen LogP contribution in [0.2, 0.25) is 0 Å². The standard InChI is InChI=1S/C17H26N2O3/c1-21-15-9-6-10-16(13-15)22-12-11-18-17(20)19-14-7-4-2-3-5-8-14/h6,9-10,13-14H,2-5,7-8,11-12H2,1H3,(H2,18,19,20). The summed E-state index contributed by atoms with van der Waals surface area (Å²) in [5, 5.41) is 5.89. The third kappa shape index (κ3) is 5.84. The van der Waals surface area contributed by atoms with Gasteiger partial charge in [-0.3, -0.25) is 0 Å². The van der Waals surface area contributed by atoms with Crippen LogP contribution in [0, 0.1) is 0 Å². The first kappa shape index (κ1) is 16.5. The molecule has 1 aromatic carbocycles. The van der Waals surface area contributed by atoms with Crippen molar-refractivity contribution in [3.63, 3.8) is 0 Å². The Labute approximate surface area is 132 Å². The second kappa shape index (κ2) is 9.18. The largest absolute Gasteiger partial charge is 0.497 e. The molecule has 1 aliphatic carbocycles. The number of amides is 2. The average molecular weight is 306 g/mol. The fourth-order valence-corrected chi connectivity index (χ4v) is 2.68. The molecule has 0 heterocycles. The Balaban J connectivity index is 1.62. The summed E-state index contributed by atoms with van der Waals surface area (Å²) < 4.78 is 10.7. The lowest BCUT2D eigenvalue weighted by molar-refractivity contribution is 0.231. The van der Waals surface area contributed by atoms with Crippen LogP contribution in [0.3, 0.4) is 0 Å². The van der Waals surface area contributed by atoms with Crippen LogP contribution in [0.4, 0.5) is 4.79 Å². The van der Waals surface area contributed by atoms with Crippen molar-refractivity contribution in [2.45, 2.75) is 44.6 Å². The zero-order valence-corrected chi connectivity index (χ0v) is 13.3. The van der Waals surface area contributed by atoms with Crippen molar-refractivity contribution in [2.75, 3.05) is 20.3 Å². The number of urea groups is 1. The van der Waals surface area contributed by atoms with E-state index in [-0.39, 0.29) is 6.03 Å². The highest BCUT2D eigenvalue weighted by Gasteiger charge is 2.14. The van der Waals surface area contributed by atoms with Crippen LogP contribution in [-0.4, -0.2) is 32.3 Å². The van der Waals surface area contributed by atoms with E-state index in [1.807, 2.05) is 24.3 Å². The number of benzene rings is 1. The van der Waals surface area contributed by atoms with E-state index in [1.165, 1.54) is 25.7 Å². The summed E-state index contributed by atoms with van der Waals surface area (Å²) in [4.78, 5) is 11.8. The minimum atomic E-state index is -0.0962. The summed E-state index contributed by atoms with van der Waals surface area (Å²) in [6.07, 6.45) is 7.18. The lowest BCUT2D eigenvalue weighted by atomic mass is 10.1. The number of hydrogen-bond acceptors (Lipinski definition) is 3. The van der Waals surface area contributed by atoms with E-state index in [0.29, 0.717) is 19.2 Å². The predicted molar refractivity (Wildman–Crippen MR) is 86.5 cm³/mol. The number of nitrogens with one attached hydrogen (secondary N) is 2. The lowest BCUT2D eigenvalue weighted by Crippen LogP contribution is -2.43. The van der Waals surface area contributed by atoms with Crippen molar-refractivity contribution in [2.24, 2.45) is 0 Å². The van der Waals surface area contributed by atoms with E-state index in [4.69, 9.17) is 9.47 Å². The van der Waals surface area contributed by atoms with E-state index >= 15 is 0 Å². The molecule has 0 atom stereocenters. The number of carbonyl (C=O) groups is 1. The van der Waals surface area contributed by atoms with Crippen molar-refractivity contribution < 1.29 is 14.3 Å². The molecule has 1 aliphatic rings. The van der Waals surface area contributed by atoms with Gasteiger partial charge in [0.2, 0.25) is 0 Å². The molecule has 122 valence electrons. The van der Waals surface area contributed by atoms with Crippen molar-refractivity contribution in [1.82, 2.24) is 10.6 Å². The second-order valence-corrected chi connectivity index (χ2v) is 5.62. The van der Waals surface area contributed by atoms with Crippen LogP contribution in [0.1, 0.15) is 38.5 Å². The first-order valence-corrected chi connectivity index (χ1v) is 8.09. The van der Waals surface area contributed by atoms with Crippen LogP contribution in [0.5, 0.6) is 11.5 Å². The van der Waals surface area contributed by atoms with Gasteiger partial charge in [-0.05, 0) is 25.0 Å². The molecule has 22 heavy (non-hydrogen) atoms. The minimum Gasteiger partial charge on any atom is -0.497 e. The maximum Gasteiger partial charge on any atom is 0.315 e. The van der Waals surface area contributed by atoms with Gasteiger partial charge in [0.15, 0.2) is 0 Å². The Bertz CT molecular complexity index is 457. The molecule has 5 nitrogen and oxygen atoms in total. The first-order chi connectivity index (χ1) is 10.8. The average Bonchev–Trinajstić information content (AvgIpc) is 2.80. The SMILES string of the molecule is COc1cccc(OCCNC(=O)NC2CCCCCC2)c1.